The molecule has 150 valence electrons. The first kappa shape index (κ1) is 20.9. The number of non-ortho nitro benzene ring substituents is 1. The molecular formula is C17H12Cl2N4O5S. The van der Waals surface area contributed by atoms with Gasteiger partial charge in [-0.05, 0) is 30.3 Å². The van der Waals surface area contributed by atoms with Crippen LogP contribution in [0, 0.1) is 10.1 Å². The van der Waals surface area contributed by atoms with Crippen molar-refractivity contribution < 1.29 is 18.9 Å². The number of anilines is 1. The Hall–Kier alpha value is -2.82. The molecule has 0 spiro atoms. The zero-order valence-corrected chi connectivity index (χ0v) is 16.8. The van der Waals surface area contributed by atoms with Gasteiger partial charge in [0.05, 0.1) is 15.7 Å². The van der Waals surface area contributed by atoms with Crippen molar-refractivity contribution in [2.45, 2.75) is 11.8 Å². The molecule has 0 bridgehead atoms. The first-order chi connectivity index (χ1) is 13.9. The number of rotatable bonds is 8. The Kier molecular flexibility index (Phi) is 6.91. The van der Waals surface area contributed by atoms with Crippen LogP contribution in [0.5, 0.6) is 5.75 Å². The van der Waals surface area contributed by atoms with Gasteiger partial charge < -0.3 is 14.5 Å². The maximum absolute atomic E-state index is 12.0. The van der Waals surface area contributed by atoms with E-state index < -0.39 is 4.92 Å². The minimum atomic E-state index is -0.515. The van der Waals surface area contributed by atoms with E-state index in [1.807, 2.05) is 0 Å². The molecule has 0 radical (unpaired) electrons. The van der Waals surface area contributed by atoms with Crippen LogP contribution in [-0.2, 0) is 11.4 Å². The highest BCUT2D eigenvalue weighted by molar-refractivity contribution is 7.99. The maximum atomic E-state index is 12.0. The van der Waals surface area contributed by atoms with Crippen LogP contribution in [0.3, 0.4) is 0 Å². The third-order valence-corrected chi connectivity index (χ3v) is 4.73. The molecule has 0 fully saturated rings. The van der Waals surface area contributed by atoms with E-state index in [0.717, 1.165) is 11.8 Å². The van der Waals surface area contributed by atoms with Gasteiger partial charge in [0, 0.05) is 22.8 Å². The quantitative estimate of drug-likeness (QED) is 0.297. The predicted molar refractivity (Wildman–Crippen MR) is 108 cm³/mol. The van der Waals surface area contributed by atoms with E-state index in [1.165, 1.54) is 24.3 Å². The van der Waals surface area contributed by atoms with Crippen LogP contribution >= 0.6 is 35.0 Å². The third kappa shape index (κ3) is 6.08. The number of nitrogens with zero attached hydrogens (tertiary/aromatic N) is 3. The van der Waals surface area contributed by atoms with Crippen LogP contribution in [-0.4, -0.2) is 26.8 Å². The number of amides is 1. The average molecular weight is 455 g/mol. The van der Waals surface area contributed by atoms with Gasteiger partial charge in [0.2, 0.25) is 5.91 Å². The first-order valence-electron chi connectivity index (χ1n) is 7.98. The number of hydrogen-bond acceptors (Lipinski definition) is 8. The summed E-state index contributed by atoms with van der Waals surface area (Å²) in [4.78, 5) is 22.1. The van der Waals surface area contributed by atoms with Crippen molar-refractivity contribution in [3.8, 4) is 5.75 Å². The number of nitrogens with one attached hydrogen (secondary N) is 1. The van der Waals surface area contributed by atoms with Gasteiger partial charge in [0.1, 0.15) is 5.75 Å². The molecule has 0 saturated carbocycles. The minimum absolute atomic E-state index is 0.00387. The number of hydrogen-bond donors (Lipinski definition) is 1. The maximum Gasteiger partial charge on any atom is 0.277 e. The van der Waals surface area contributed by atoms with Crippen LogP contribution in [0.4, 0.5) is 11.4 Å². The second-order valence-corrected chi connectivity index (χ2v) is 7.24. The average Bonchev–Trinajstić information content (AvgIpc) is 3.14. The van der Waals surface area contributed by atoms with Crippen LogP contribution in [0.1, 0.15) is 5.89 Å². The van der Waals surface area contributed by atoms with Gasteiger partial charge >= 0.3 is 0 Å². The molecule has 9 nitrogen and oxygen atoms in total. The largest absolute Gasteiger partial charge is 0.482 e. The summed E-state index contributed by atoms with van der Waals surface area (Å²) in [5.74, 6) is 0.329. The van der Waals surface area contributed by atoms with Crippen LogP contribution in [0.25, 0.3) is 0 Å². The topological polar surface area (TPSA) is 120 Å². The van der Waals surface area contributed by atoms with E-state index in [-0.39, 0.29) is 35.1 Å². The molecule has 2 aromatic carbocycles. The lowest BCUT2D eigenvalue weighted by Crippen LogP contribution is -2.13. The van der Waals surface area contributed by atoms with Gasteiger partial charge in [0.15, 0.2) is 6.61 Å². The SMILES string of the molecule is O=C(CSc1nnc(COc2ccc(Cl)cc2Cl)o1)Nc1ccc([N+](=O)[O-])cc1. The minimum Gasteiger partial charge on any atom is -0.482 e. The van der Waals surface area contributed by atoms with E-state index >= 15 is 0 Å². The number of nitro groups is 1. The molecule has 1 amide bonds. The highest BCUT2D eigenvalue weighted by atomic mass is 35.5. The Labute approximate surface area is 178 Å². The normalized spacial score (nSPS) is 10.6. The highest BCUT2D eigenvalue weighted by Crippen LogP contribution is 2.28. The first-order valence-corrected chi connectivity index (χ1v) is 9.72. The number of carbonyl (C=O) groups excluding carboxylic acids is 1. The lowest BCUT2D eigenvalue weighted by Gasteiger charge is -2.05. The molecule has 0 aliphatic carbocycles. The van der Waals surface area contributed by atoms with Gasteiger partial charge in [-0.1, -0.05) is 35.0 Å². The molecule has 0 saturated heterocycles. The Morgan fingerprint density at radius 2 is 1.97 bits per heavy atom. The molecule has 12 heteroatoms. The Bertz CT molecular complexity index is 1030. The van der Waals surface area contributed by atoms with E-state index in [0.29, 0.717) is 21.5 Å². The Balaban J connectivity index is 1.47. The number of carbonyl (C=O) groups is 1. The van der Waals surface area contributed by atoms with Crippen LogP contribution in [0.15, 0.2) is 52.1 Å². The summed E-state index contributed by atoms with van der Waals surface area (Å²) >= 11 is 12.9. The molecule has 1 N–H and O–H groups in total. The molecule has 0 aliphatic heterocycles. The van der Waals surface area contributed by atoms with Gasteiger partial charge in [-0.2, -0.15) is 0 Å². The molecule has 3 rings (SSSR count). The lowest BCUT2D eigenvalue weighted by molar-refractivity contribution is -0.384. The monoisotopic (exact) mass is 454 g/mol. The predicted octanol–water partition coefficient (Wildman–Crippen LogP) is 4.59. The van der Waals surface area contributed by atoms with Crippen molar-refractivity contribution in [2.75, 3.05) is 11.1 Å². The summed E-state index contributed by atoms with van der Waals surface area (Å²) in [6.07, 6.45) is 0. The summed E-state index contributed by atoms with van der Waals surface area (Å²) in [6.45, 7) is 0.00387. The van der Waals surface area contributed by atoms with Gasteiger partial charge in [0.25, 0.3) is 16.8 Å². The fraction of sp³-hybridized carbons (Fsp3) is 0.118. The second-order valence-electron chi connectivity index (χ2n) is 5.47. The zero-order chi connectivity index (χ0) is 20.8. The lowest BCUT2D eigenvalue weighted by atomic mass is 10.3. The van der Waals surface area contributed by atoms with Crippen molar-refractivity contribution in [1.82, 2.24) is 10.2 Å². The zero-order valence-electron chi connectivity index (χ0n) is 14.5. The van der Waals surface area contributed by atoms with Crippen LogP contribution in [0.2, 0.25) is 10.0 Å². The van der Waals surface area contributed by atoms with E-state index in [2.05, 4.69) is 15.5 Å². The van der Waals surface area contributed by atoms with Crippen molar-refractivity contribution in [2.24, 2.45) is 0 Å². The summed E-state index contributed by atoms with van der Waals surface area (Å²) in [6, 6.07) is 10.3. The number of ether oxygens (including phenoxy) is 1. The number of halogens is 2. The fourth-order valence-corrected chi connectivity index (χ4v) is 3.12. The standard InChI is InChI=1S/C17H12Cl2N4O5S/c18-10-1-6-14(13(19)7-10)27-8-16-21-22-17(28-16)29-9-15(24)20-11-2-4-12(5-3-11)23(25)26/h1-7H,8-9H2,(H,20,24). The Morgan fingerprint density at radius 3 is 2.66 bits per heavy atom. The smallest absolute Gasteiger partial charge is 0.277 e. The number of benzene rings is 2. The van der Waals surface area contributed by atoms with Crippen molar-refractivity contribution in [3.05, 3.63) is 68.5 Å². The van der Waals surface area contributed by atoms with E-state index in [9.17, 15) is 14.9 Å². The van der Waals surface area contributed by atoms with Gasteiger partial charge in [-0.3, -0.25) is 14.9 Å². The van der Waals surface area contributed by atoms with Crippen molar-refractivity contribution in [1.29, 1.82) is 0 Å². The molecule has 1 aromatic heterocycles. The Morgan fingerprint density at radius 1 is 1.21 bits per heavy atom. The summed E-state index contributed by atoms with van der Waals surface area (Å²) in [7, 11) is 0. The second kappa shape index (κ2) is 9.59. The third-order valence-electron chi connectivity index (χ3n) is 3.38. The molecule has 29 heavy (non-hydrogen) atoms. The molecule has 0 atom stereocenters. The molecule has 0 aliphatic rings. The highest BCUT2D eigenvalue weighted by Gasteiger charge is 2.12. The van der Waals surface area contributed by atoms with Gasteiger partial charge in [-0.15, -0.1) is 10.2 Å². The summed E-state index contributed by atoms with van der Waals surface area (Å²) < 4.78 is 10.9. The van der Waals surface area contributed by atoms with E-state index in [1.54, 1.807) is 18.2 Å². The summed E-state index contributed by atoms with van der Waals surface area (Å²) in [5, 5.41) is 22.0. The number of nitro benzene ring substituents is 1. The van der Waals surface area contributed by atoms with E-state index in [4.69, 9.17) is 32.4 Å². The number of thioether (sulfide) groups is 1. The molecule has 1 heterocycles. The fourth-order valence-electron chi connectivity index (χ4n) is 2.08. The van der Waals surface area contributed by atoms with Crippen molar-refractivity contribution >= 4 is 52.2 Å². The summed E-state index contributed by atoms with van der Waals surface area (Å²) in [5.41, 5.74) is 0.388. The molecule has 0 unspecified atom stereocenters. The molecule has 3 aromatic rings. The molecular weight excluding hydrogens is 443 g/mol. The van der Waals surface area contributed by atoms with Gasteiger partial charge in [-0.25, -0.2) is 0 Å². The number of aromatic nitrogens is 2. The van der Waals surface area contributed by atoms with Crippen molar-refractivity contribution in [3.63, 3.8) is 0 Å². The van der Waals surface area contributed by atoms with Crippen LogP contribution < -0.4 is 10.1 Å².